The van der Waals surface area contributed by atoms with E-state index in [-0.39, 0.29) is 5.78 Å². The van der Waals surface area contributed by atoms with E-state index in [1.165, 1.54) is 11.1 Å². The van der Waals surface area contributed by atoms with Crippen molar-refractivity contribution in [3.63, 3.8) is 0 Å². The maximum atomic E-state index is 10.7. The number of carbonyl (C=O) groups is 1. The molecule has 0 aliphatic rings. The van der Waals surface area contributed by atoms with Crippen LogP contribution in [-0.2, 0) is 4.79 Å². The Kier molecular flexibility index (Phi) is 4.11. The summed E-state index contributed by atoms with van der Waals surface area (Å²) in [6, 6.07) is 10.2. The average Bonchev–Trinajstić information content (AvgIpc) is 2.18. The zero-order valence-electron chi connectivity index (χ0n) is 8.79. The minimum atomic E-state index is 0.252. The monoisotopic (exact) mass is 188 g/mol. The van der Waals surface area contributed by atoms with Gasteiger partial charge in [0.1, 0.15) is 5.78 Å². The molecule has 0 bridgehead atoms. The van der Waals surface area contributed by atoms with Crippen LogP contribution in [0.25, 0.3) is 5.57 Å². The summed E-state index contributed by atoms with van der Waals surface area (Å²) >= 11 is 0. The number of ketones is 1. The van der Waals surface area contributed by atoms with Gasteiger partial charge in [0.25, 0.3) is 0 Å². The Morgan fingerprint density at radius 2 is 1.86 bits per heavy atom. The van der Waals surface area contributed by atoms with Crippen LogP contribution in [-0.4, -0.2) is 5.78 Å². The molecular formula is C13H16O. The average molecular weight is 188 g/mol. The summed E-state index contributed by atoms with van der Waals surface area (Å²) in [5.74, 6) is 0.252. The van der Waals surface area contributed by atoms with Crippen LogP contribution in [0, 0.1) is 0 Å². The molecule has 1 nitrogen and oxygen atoms in total. The first kappa shape index (κ1) is 10.7. The molecule has 14 heavy (non-hydrogen) atoms. The normalized spacial score (nSPS) is 11.4. The van der Waals surface area contributed by atoms with E-state index in [0.717, 1.165) is 6.42 Å². The van der Waals surface area contributed by atoms with Gasteiger partial charge in [0.05, 0.1) is 0 Å². The Morgan fingerprint density at radius 1 is 1.21 bits per heavy atom. The van der Waals surface area contributed by atoms with Gasteiger partial charge in [0, 0.05) is 6.42 Å². The quantitative estimate of drug-likeness (QED) is 0.707. The zero-order valence-corrected chi connectivity index (χ0v) is 8.79. The SMILES string of the molecule is CC(=O)CCC=C(C)c1ccccc1. The van der Waals surface area contributed by atoms with Crippen molar-refractivity contribution in [2.45, 2.75) is 26.7 Å². The summed E-state index contributed by atoms with van der Waals surface area (Å²) < 4.78 is 0. The third-order valence-electron chi connectivity index (χ3n) is 2.18. The van der Waals surface area contributed by atoms with Crippen molar-refractivity contribution in [1.82, 2.24) is 0 Å². The van der Waals surface area contributed by atoms with Gasteiger partial charge in [-0.25, -0.2) is 0 Å². The van der Waals surface area contributed by atoms with E-state index in [2.05, 4.69) is 25.1 Å². The van der Waals surface area contributed by atoms with Gasteiger partial charge in [-0.15, -0.1) is 0 Å². The molecule has 0 unspecified atom stereocenters. The van der Waals surface area contributed by atoms with Crippen LogP contribution >= 0.6 is 0 Å². The summed E-state index contributed by atoms with van der Waals surface area (Å²) in [4.78, 5) is 10.7. The molecule has 0 aliphatic heterocycles. The summed E-state index contributed by atoms with van der Waals surface area (Å²) in [6.45, 7) is 3.71. The first-order valence-electron chi connectivity index (χ1n) is 4.92. The van der Waals surface area contributed by atoms with Crippen LogP contribution in [0.15, 0.2) is 36.4 Å². The summed E-state index contributed by atoms with van der Waals surface area (Å²) in [5, 5.41) is 0. The van der Waals surface area contributed by atoms with Gasteiger partial charge >= 0.3 is 0 Å². The van der Waals surface area contributed by atoms with Crippen LogP contribution < -0.4 is 0 Å². The molecule has 0 saturated carbocycles. The number of hydrogen-bond donors (Lipinski definition) is 0. The second kappa shape index (κ2) is 5.38. The lowest BCUT2D eigenvalue weighted by Gasteiger charge is -2.00. The van der Waals surface area contributed by atoms with Crippen LogP contribution in [0.3, 0.4) is 0 Å². The van der Waals surface area contributed by atoms with E-state index >= 15 is 0 Å². The van der Waals surface area contributed by atoms with Crippen LogP contribution in [0.2, 0.25) is 0 Å². The molecule has 0 saturated heterocycles. The Labute approximate surface area is 85.5 Å². The minimum absolute atomic E-state index is 0.252. The van der Waals surface area contributed by atoms with E-state index in [4.69, 9.17) is 0 Å². The molecule has 74 valence electrons. The molecule has 1 aromatic rings. The molecule has 1 aromatic carbocycles. The van der Waals surface area contributed by atoms with E-state index < -0.39 is 0 Å². The highest BCUT2D eigenvalue weighted by molar-refractivity contribution is 5.76. The predicted molar refractivity (Wildman–Crippen MR) is 60.0 cm³/mol. The van der Waals surface area contributed by atoms with Crippen molar-refractivity contribution in [2.24, 2.45) is 0 Å². The fraction of sp³-hybridized carbons (Fsp3) is 0.308. The second-order valence-electron chi connectivity index (χ2n) is 3.49. The minimum Gasteiger partial charge on any atom is -0.300 e. The molecule has 0 aliphatic carbocycles. The maximum Gasteiger partial charge on any atom is 0.130 e. The summed E-state index contributed by atoms with van der Waals surface area (Å²) in [7, 11) is 0. The van der Waals surface area contributed by atoms with Gasteiger partial charge < -0.3 is 4.79 Å². The van der Waals surface area contributed by atoms with Gasteiger partial charge in [-0.05, 0) is 31.4 Å². The molecule has 0 spiro atoms. The highest BCUT2D eigenvalue weighted by Crippen LogP contribution is 2.13. The lowest BCUT2D eigenvalue weighted by molar-refractivity contribution is -0.116. The van der Waals surface area contributed by atoms with Gasteiger partial charge in [-0.3, -0.25) is 0 Å². The molecule has 0 heterocycles. The van der Waals surface area contributed by atoms with Gasteiger partial charge in [0.15, 0.2) is 0 Å². The summed E-state index contributed by atoms with van der Waals surface area (Å²) in [6.07, 6.45) is 3.61. The van der Waals surface area contributed by atoms with Gasteiger partial charge in [-0.1, -0.05) is 36.4 Å². The van der Waals surface area contributed by atoms with Crippen molar-refractivity contribution in [3.05, 3.63) is 42.0 Å². The predicted octanol–water partition coefficient (Wildman–Crippen LogP) is 3.46. The number of Topliss-reactive ketones (excluding diaryl/α,β-unsaturated/α-hetero) is 1. The molecule has 0 N–H and O–H groups in total. The smallest absolute Gasteiger partial charge is 0.130 e. The van der Waals surface area contributed by atoms with Crippen LogP contribution in [0.1, 0.15) is 32.3 Å². The third kappa shape index (κ3) is 3.56. The largest absolute Gasteiger partial charge is 0.300 e. The third-order valence-corrected chi connectivity index (χ3v) is 2.18. The Balaban J connectivity index is 2.57. The summed E-state index contributed by atoms with van der Waals surface area (Å²) in [5.41, 5.74) is 2.47. The van der Waals surface area contributed by atoms with Crippen molar-refractivity contribution < 1.29 is 4.79 Å². The Hall–Kier alpha value is -1.37. The number of carbonyl (C=O) groups excluding carboxylic acids is 1. The molecule has 0 amide bonds. The molecule has 0 atom stereocenters. The molecular weight excluding hydrogens is 172 g/mol. The molecule has 1 heteroatoms. The van der Waals surface area contributed by atoms with Crippen molar-refractivity contribution in [3.8, 4) is 0 Å². The fourth-order valence-corrected chi connectivity index (χ4v) is 1.31. The van der Waals surface area contributed by atoms with E-state index in [1.54, 1.807) is 6.92 Å². The number of allylic oxidation sites excluding steroid dienone is 2. The Bertz CT molecular complexity index is 322. The number of hydrogen-bond acceptors (Lipinski definition) is 1. The molecule has 0 radical (unpaired) electrons. The Morgan fingerprint density at radius 3 is 2.43 bits per heavy atom. The van der Waals surface area contributed by atoms with Gasteiger partial charge in [-0.2, -0.15) is 0 Å². The maximum absolute atomic E-state index is 10.7. The van der Waals surface area contributed by atoms with Crippen molar-refractivity contribution in [2.75, 3.05) is 0 Å². The van der Waals surface area contributed by atoms with Crippen molar-refractivity contribution in [1.29, 1.82) is 0 Å². The number of benzene rings is 1. The first-order valence-corrected chi connectivity index (χ1v) is 4.92. The lowest BCUT2D eigenvalue weighted by Crippen LogP contribution is -1.87. The van der Waals surface area contributed by atoms with Gasteiger partial charge in [0.2, 0.25) is 0 Å². The second-order valence-corrected chi connectivity index (χ2v) is 3.49. The van der Waals surface area contributed by atoms with Crippen LogP contribution in [0.4, 0.5) is 0 Å². The van der Waals surface area contributed by atoms with Crippen molar-refractivity contribution >= 4 is 11.4 Å². The van der Waals surface area contributed by atoms with E-state index in [1.807, 2.05) is 18.2 Å². The van der Waals surface area contributed by atoms with E-state index in [0.29, 0.717) is 6.42 Å². The highest BCUT2D eigenvalue weighted by Gasteiger charge is 1.94. The highest BCUT2D eigenvalue weighted by atomic mass is 16.1. The van der Waals surface area contributed by atoms with Crippen LogP contribution in [0.5, 0.6) is 0 Å². The first-order chi connectivity index (χ1) is 6.70. The molecule has 1 rings (SSSR count). The lowest BCUT2D eigenvalue weighted by atomic mass is 10.1. The molecule has 0 aromatic heterocycles. The standard InChI is InChI=1S/C13H16O/c1-11(7-6-8-12(2)14)13-9-4-3-5-10-13/h3-5,7,9-10H,6,8H2,1-2H3. The fourth-order valence-electron chi connectivity index (χ4n) is 1.31. The number of rotatable bonds is 4. The topological polar surface area (TPSA) is 17.1 Å². The zero-order chi connectivity index (χ0) is 10.4. The molecule has 0 fully saturated rings. The van der Waals surface area contributed by atoms with E-state index in [9.17, 15) is 4.79 Å².